The van der Waals surface area contributed by atoms with E-state index in [1.807, 2.05) is 0 Å². The molecule has 1 spiro atoms. The summed E-state index contributed by atoms with van der Waals surface area (Å²) < 4.78 is 41.4. The maximum Gasteiger partial charge on any atom is 0.573 e. The summed E-state index contributed by atoms with van der Waals surface area (Å²) in [5, 5.41) is 3.90. The maximum absolute atomic E-state index is 12.5. The van der Waals surface area contributed by atoms with Crippen LogP contribution in [0.4, 0.5) is 19.0 Å². The summed E-state index contributed by atoms with van der Waals surface area (Å²) in [4.78, 5) is 10.6. The van der Waals surface area contributed by atoms with Crippen LogP contribution < -0.4 is 15.0 Å². The van der Waals surface area contributed by atoms with Crippen LogP contribution in [0.2, 0.25) is 0 Å². The molecule has 2 fully saturated rings. The van der Waals surface area contributed by atoms with Gasteiger partial charge in [-0.05, 0) is 36.5 Å². The number of ether oxygens (including phenoxy) is 1. The van der Waals surface area contributed by atoms with Crippen molar-refractivity contribution in [1.82, 2.24) is 15.3 Å². The van der Waals surface area contributed by atoms with Gasteiger partial charge in [0.25, 0.3) is 0 Å². The normalized spacial score (nSPS) is 20.2. The van der Waals surface area contributed by atoms with Crippen molar-refractivity contribution in [3.63, 3.8) is 0 Å². The third-order valence-corrected chi connectivity index (χ3v) is 4.94. The third-order valence-electron chi connectivity index (χ3n) is 4.94. The number of hydrogen-bond acceptors (Lipinski definition) is 5. The molecule has 8 heteroatoms. The molecular weight excluding hydrogens is 321 g/mol. The van der Waals surface area contributed by atoms with Crippen LogP contribution >= 0.6 is 0 Å². The molecule has 24 heavy (non-hydrogen) atoms. The zero-order valence-corrected chi connectivity index (χ0v) is 12.9. The number of anilines is 1. The van der Waals surface area contributed by atoms with Gasteiger partial charge >= 0.3 is 6.36 Å². The predicted molar refractivity (Wildman–Crippen MR) is 83.0 cm³/mol. The lowest BCUT2D eigenvalue weighted by Crippen LogP contribution is -2.58. The van der Waals surface area contributed by atoms with Crippen molar-refractivity contribution in [3.05, 3.63) is 24.5 Å². The number of piperidine rings is 1. The monoisotopic (exact) mass is 338 g/mol. The van der Waals surface area contributed by atoms with Crippen LogP contribution in [0.3, 0.4) is 0 Å². The average molecular weight is 338 g/mol. The Labute approximate surface area is 136 Å². The molecule has 1 aromatic heterocycles. The predicted octanol–water partition coefficient (Wildman–Crippen LogP) is 2.72. The maximum atomic E-state index is 12.5. The van der Waals surface area contributed by atoms with Gasteiger partial charge < -0.3 is 15.0 Å². The van der Waals surface area contributed by atoms with E-state index in [1.54, 1.807) is 0 Å². The third kappa shape index (κ3) is 2.86. The summed E-state index contributed by atoms with van der Waals surface area (Å²) in [6, 6.07) is 4.17. The number of nitrogens with one attached hydrogen (secondary N) is 1. The quantitative estimate of drug-likeness (QED) is 0.912. The van der Waals surface area contributed by atoms with E-state index in [1.165, 1.54) is 24.5 Å². The minimum Gasteiger partial charge on any atom is -0.406 e. The molecule has 0 aliphatic carbocycles. The van der Waals surface area contributed by atoms with E-state index in [0.29, 0.717) is 22.1 Å². The number of hydrogen-bond donors (Lipinski definition) is 1. The molecule has 4 rings (SSSR count). The van der Waals surface area contributed by atoms with Gasteiger partial charge in [-0.25, -0.2) is 9.97 Å². The van der Waals surface area contributed by atoms with Gasteiger partial charge in [0.1, 0.15) is 17.9 Å². The molecule has 0 amide bonds. The summed E-state index contributed by atoms with van der Waals surface area (Å²) >= 11 is 0. The smallest absolute Gasteiger partial charge is 0.406 e. The fraction of sp³-hybridized carbons (Fsp3) is 0.500. The molecular formula is C16H17F3N4O. The highest BCUT2D eigenvalue weighted by Gasteiger charge is 2.40. The van der Waals surface area contributed by atoms with Crippen molar-refractivity contribution >= 4 is 16.7 Å². The number of rotatable bonds is 2. The van der Waals surface area contributed by atoms with Crippen LogP contribution in [0.15, 0.2) is 24.5 Å². The molecule has 0 radical (unpaired) electrons. The van der Waals surface area contributed by atoms with Crippen LogP contribution in [-0.4, -0.2) is 42.5 Å². The van der Waals surface area contributed by atoms with E-state index in [2.05, 4.69) is 24.9 Å². The lowest BCUT2D eigenvalue weighted by Gasteiger charge is -2.48. The summed E-state index contributed by atoms with van der Waals surface area (Å²) in [6.07, 6.45) is -1.14. The minimum atomic E-state index is -4.71. The number of fused-ring (bicyclic) bond motifs is 1. The molecule has 128 valence electrons. The summed E-state index contributed by atoms with van der Waals surface area (Å²) in [5.41, 5.74) is 1.00. The standard InChI is InChI=1S/C16H17F3N4O/c17-16(18,19)24-11-1-2-13-12(7-11)14(22-10-21-13)23-5-3-15(4-6-23)8-20-9-15/h1-2,7,10,20H,3-6,8-9H2. The Kier molecular flexibility index (Phi) is 3.52. The van der Waals surface area contributed by atoms with Gasteiger partial charge in [0, 0.05) is 31.6 Å². The van der Waals surface area contributed by atoms with E-state index in [0.717, 1.165) is 39.0 Å². The summed E-state index contributed by atoms with van der Waals surface area (Å²) in [6.45, 7) is 3.79. The lowest BCUT2D eigenvalue weighted by molar-refractivity contribution is -0.274. The summed E-state index contributed by atoms with van der Waals surface area (Å²) in [5.74, 6) is 0.428. The van der Waals surface area contributed by atoms with E-state index in [4.69, 9.17) is 0 Å². The first-order chi connectivity index (χ1) is 11.4. The second kappa shape index (κ2) is 5.47. The lowest BCUT2D eigenvalue weighted by atomic mass is 9.73. The highest BCUT2D eigenvalue weighted by molar-refractivity contribution is 5.90. The van der Waals surface area contributed by atoms with Crippen LogP contribution in [0.25, 0.3) is 10.9 Å². The van der Waals surface area contributed by atoms with Crippen molar-refractivity contribution in [2.24, 2.45) is 5.41 Å². The van der Waals surface area contributed by atoms with Crippen LogP contribution in [0.1, 0.15) is 12.8 Å². The van der Waals surface area contributed by atoms with Gasteiger partial charge in [-0.3, -0.25) is 0 Å². The van der Waals surface area contributed by atoms with E-state index >= 15 is 0 Å². The average Bonchev–Trinajstić information content (AvgIpc) is 2.51. The minimum absolute atomic E-state index is 0.247. The van der Waals surface area contributed by atoms with Gasteiger partial charge in [-0.15, -0.1) is 13.2 Å². The Morgan fingerprint density at radius 1 is 1.12 bits per heavy atom. The molecule has 3 heterocycles. The molecule has 0 saturated carbocycles. The molecule has 2 saturated heterocycles. The largest absolute Gasteiger partial charge is 0.573 e. The number of benzene rings is 1. The van der Waals surface area contributed by atoms with Crippen LogP contribution in [0.5, 0.6) is 5.75 Å². The SMILES string of the molecule is FC(F)(F)Oc1ccc2ncnc(N3CCC4(CC3)CNC4)c2c1. The second-order valence-corrected chi connectivity index (χ2v) is 6.51. The van der Waals surface area contributed by atoms with Crippen molar-refractivity contribution in [3.8, 4) is 5.75 Å². The molecule has 0 bridgehead atoms. The van der Waals surface area contributed by atoms with E-state index in [9.17, 15) is 13.2 Å². The molecule has 0 unspecified atom stereocenters. The van der Waals surface area contributed by atoms with Crippen molar-refractivity contribution < 1.29 is 17.9 Å². The number of nitrogens with zero attached hydrogens (tertiary/aromatic N) is 3. The fourth-order valence-corrected chi connectivity index (χ4v) is 3.50. The number of alkyl halides is 3. The summed E-state index contributed by atoms with van der Waals surface area (Å²) in [7, 11) is 0. The molecule has 2 aromatic rings. The first kappa shape index (κ1) is 15.4. The molecule has 1 aromatic carbocycles. The Hall–Kier alpha value is -2.09. The zero-order chi connectivity index (χ0) is 16.8. The topological polar surface area (TPSA) is 50.3 Å². The van der Waals surface area contributed by atoms with Crippen LogP contribution in [0, 0.1) is 5.41 Å². The van der Waals surface area contributed by atoms with Gasteiger partial charge in [0.05, 0.1) is 5.52 Å². The molecule has 2 aliphatic rings. The van der Waals surface area contributed by atoms with Gasteiger partial charge in [-0.2, -0.15) is 0 Å². The highest BCUT2D eigenvalue weighted by atomic mass is 19.4. The van der Waals surface area contributed by atoms with Gasteiger partial charge in [0.15, 0.2) is 0 Å². The zero-order valence-electron chi connectivity index (χ0n) is 12.9. The molecule has 5 nitrogen and oxygen atoms in total. The van der Waals surface area contributed by atoms with Crippen LogP contribution in [-0.2, 0) is 0 Å². The van der Waals surface area contributed by atoms with Crippen molar-refractivity contribution in [2.75, 3.05) is 31.1 Å². The van der Waals surface area contributed by atoms with Crippen molar-refractivity contribution in [2.45, 2.75) is 19.2 Å². The van der Waals surface area contributed by atoms with Crippen molar-refractivity contribution in [1.29, 1.82) is 0 Å². The fourth-order valence-electron chi connectivity index (χ4n) is 3.50. The molecule has 0 atom stereocenters. The Bertz CT molecular complexity index is 751. The second-order valence-electron chi connectivity index (χ2n) is 6.51. The number of halogens is 3. The first-order valence-electron chi connectivity index (χ1n) is 7.90. The first-order valence-corrected chi connectivity index (χ1v) is 7.90. The Morgan fingerprint density at radius 3 is 2.50 bits per heavy atom. The Balaban J connectivity index is 1.63. The van der Waals surface area contributed by atoms with E-state index < -0.39 is 6.36 Å². The highest BCUT2D eigenvalue weighted by Crippen LogP contribution is 2.38. The van der Waals surface area contributed by atoms with Gasteiger partial charge in [-0.1, -0.05) is 0 Å². The molecule has 1 N–H and O–H groups in total. The number of aromatic nitrogens is 2. The Morgan fingerprint density at radius 2 is 1.88 bits per heavy atom. The van der Waals surface area contributed by atoms with Gasteiger partial charge in [0.2, 0.25) is 0 Å². The van der Waals surface area contributed by atoms with E-state index in [-0.39, 0.29) is 5.75 Å². The molecule has 2 aliphatic heterocycles.